The van der Waals surface area contributed by atoms with E-state index < -0.39 is 0 Å². The highest BCUT2D eigenvalue weighted by molar-refractivity contribution is 5.94. The van der Waals surface area contributed by atoms with Gasteiger partial charge in [0, 0.05) is 5.69 Å². The molecule has 1 atom stereocenters. The SMILES string of the molecule is Cc1ccc(NC(=O)C2CCCCCN2)cc1C. The minimum atomic E-state index is -0.0332. The molecule has 2 rings (SSSR count). The van der Waals surface area contributed by atoms with Gasteiger partial charge in [-0.1, -0.05) is 18.9 Å². The monoisotopic (exact) mass is 246 g/mol. The Morgan fingerprint density at radius 3 is 2.83 bits per heavy atom. The minimum Gasteiger partial charge on any atom is -0.325 e. The number of nitrogens with one attached hydrogen (secondary N) is 2. The molecule has 1 aromatic rings. The fourth-order valence-electron chi connectivity index (χ4n) is 2.30. The zero-order valence-electron chi connectivity index (χ0n) is 11.3. The van der Waals surface area contributed by atoms with Gasteiger partial charge in [-0.15, -0.1) is 0 Å². The highest BCUT2D eigenvalue weighted by Crippen LogP contribution is 2.16. The Labute approximate surface area is 109 Å². The zero-order chi connectivity index (χ0) is 13.0. The quantitative estimate of drug-likeness (QED) is 0.842. The first kappa shape index (κ1) is 13.1. The molecule has 1 unspecified atom stereocenters. The van der Waals surface area contributed by atoms with E-state index in [1.807, 2.05) is 18.2 Å². The van der Waals surface area contributed by atoms with E-state index in [9.17, 15) is 4.79 Å². The van der Waals surface area contributed by atoms with E-state index in [-0.39, 0.29) is 11.9 Å². The second-order valence-corrected chi connectivity index (χ2v) is 5.14. The normalized spacial score (nSPS) is 20.2. The van der Waals surface area contributed by atoms with Crippen molar-refractivity contribution in [3.63, 3.8) is 0 Å². The summed E-state index contributed by atoms with van der Waals surface area (Å²) in [4.78, 5) is 12.1. The summed E-state index contributed by atoms with van der Waals surface area (Å²) in [5, 5.41) is 6.32. The number of benzene rings is 1. The van der Waals surface area contributed by atoms with Gasteiger partial charge in [0.2, 0.25) is 5.91 Å². The predicted molar refractivity (Wildman–Crippen MR) is 74.8 cm³/mol. The maximum absolute atomic E-state index is 12.1. The summed E-state index contributed by atoms with van der Waals surface area (Å²) in [5.74, 6) is 0.0974. The molecule has 3 nitrogen and oxygen atoms in total. The summed E-state index contributed by atoms with van der Waals surface area (Å²) in [5.41, 5.74) is 3.36. The molecule has 1 saturated heterocycles. The van der Waals surface area contributed by atoms with Crippen LogP contribution < -0.4 is 10.6 Å². The van der Waals surface area contributed by atoms with Crippen molar-refractivity contribution in [3.05, 3.63) is 29.3 Å². The van der Waals surface area contributed by atoms with E-state index in [0.29, 0.717) is 0 Å². The second-order valence-electron chi connectivity index (χ2n) is 5.14. The number of anilines is 1. The molecule has 1 aromatic carbocycles. The molecule has 18 heavy (non-hydrogen) atoms. The fourth-order valence-corrected chi connectivity index (χ4v) is 2.30. The van der Waals surface area contributed by atoms with Crippen LogP contribution >= 0.6 is 0 Å². The van der Waals surface area contributed by atoms with Crippen LogP contribution in [0.25, 0.3) is 0 Å². The van der Waals surface area contributed by atoms with Gasteiger partial charge in [0.05, 0.1) is 6.04 Å². The lowest BCUT2D eigenvalue weighted by molar-refractivity contribution is -0.118. The predicted octanol–water partition coefficient (Wildman–Crippen LogP) is 2.77. The number of carbonyl (C=O) groups is 1. The van der Waals surface area contributed by atoms with Crippen molar-refractivity contribution in [1.82, 2.24) is 5.32 Å². The Balaban J connectivity index is 1.99. The molecule has 0 radical (unpaired) electrons. The molecule has 1 heterocycles. The molecule has 0 saturated carbocycles. The summed E-state index contributed by atoms with van der Waals surface area (Å²) in [6.45, 7) is 5.09. The van der Waals surface area contributed by atoms with E-state index in [4.69, 9.17) is 0 Å². The molecule has 0 aromatic heterocycles. The molecule has 0 spiro atoms. The first-order chi connectivity index (χ1) is 8.66. The summed E-state index contributed by atoms with van der Waals surface area (Å²) in [6, 6.07) is 6.01. The Morgan fingerprint density at radius 1 is 1.22 bits per heavy atom. The number of rotatable bonds is 2. The first-order valence-electron chi connectivity index (χ1n) is 6.78. The van der Waals surface area contributed by atoms with Crippen LogP contribution in [0.1, 0.15) is 36.8 Å². The average molecular weight is 246 g/mol. The molecule has 1 aliphatic heterocycles. The van der Waals surface area contributed by atoms with Crippen molar-refractivity contribution < 1.29 is 4.79 Å². The van der Waals surface area contributed by atoms with Gasteiger partial charge in [-0.05, 0) is 56.5 Å². The van der Waals surface area contributed by atoms with Crippen LogP contribution in [0, 0.1) is 13.8 Å². The molecule has 2 N–H and O–H groups in total. The van der Waals surface area contributed by atoms with Crippen molar-refractivity contribution in [2.45, 2.75) is 45.6 Å². The van der Waals surface area contributed by atoms with Gasteiger partial charge < -0.3 is 10.6 Å². The van der Waals surface area contributed by atoms with Crippen LogP contribution in [0.3, 0.4) is 0 Å². The number of carbonyl (C=O) groups excluding carboxylic acids is 1. The van der Waals surface area contributed by atoms with Crippen LogP contribution in [0.5, 0.6) is 0 Å². The van der Waals surface area contributed by atoms with Crippen LogP contribution in [0.2, 0.25) is 0 Å². The van der Waals surface area contributed by atoms with E-state index in [2.05, 4.69) is 24.5 Å². The van der Waals surface area contributed by atoms with Gasteiger partial charge in [0.15, 0.2) is 0 Å². The largest absolute Gasteiger partial charge is 0.325 e. The third-order valence-electron chi connectivity index (χ3n) is 3.65. The van der Waals surface area contributed by atoms with Crippen LogP contribution in [0.15, 0.2) is 18.2 Å². The summed E-state index contributed by atoms with van der Waals surface area (Å²) < 4.78 is 0. The zero-order valence-corrected chi connectivity index (χ0v) is 11.3. The maximum atomic E-state index is 12.1. The third kappa shape index (κ3) is 3.33. The highest BCUT2D eigenvalue weighted by Gasteiger charge is 2.19. The number of amides is 1. The molecule has 1 amide bonds. The molecule has 98 valence electrons. The van der Waals surface area contributed by atoms with Gasteiger partial charge in [-0.2, -0.15) is 0 Å². The van der Waals surface area contributed by atoms with E-state index in [1.165, 1.54) is 24.0 Å². The Morgan fingerprint density at radius 2 is 2.06 bits per heavy atom. The summed E-state index contributed by atoms with van der Waals surface area (Å²) in [6.07, 6.45) is 4.47. The number of hydrogen-bond donors (Lipinski definition) is 2. The second kappa shape index (κ2) is 6.01. The third-order valence-corrected chi connectivity index (χ3v) is 3.65. The molecule has 1 fully saturated rings. The lowest BCUT2D eigenvalue weighted by atomic mass is 10.1. The van der Waals surface area contributed by atoms with E-state index in [0.717, 1.165) is 25.1 Å². The van der Waals surface area contributed by atoms with Gasteiger partial charge in [0.25, 0.3) is 0 Å². The molecule has 0 aliphatic carbocycles. The first-order valence-corrected chi connectivity index (χ1v) is 6.78. The van der Waals surface area contributed by atoms with Crippen LogP contribution in [-0.4, -0.2) is 18.5 Å². The van der Waals surface area contributed by atoms with Gasteiger partial charge in [0.1, 0.15) is 0 Å². The smallest absolute Gasteiger partial charge is 0.241 e. The molecule has 3 heteroatoms. The standard InChI is InChI=1S/C15H22N2O/c1-11-7-8-13(10-12(11)2)17-15(18)14-6-4-3-5-9-16-14/h7-8,10,14,16H,3-6,9H2,1-2H3,(H,17,18). The number of hydrogen-bond acceptors (Lipinski definition) is 2. The van der Waals surface area contributed by atoms with Crippen LogP contribution in [0.4, 0.5) is 5.69 Å². The fraction of sp³-hybridized carbons (Fsp3) is 0.533. The Hall–Kier alpha value is -1.35. The van der Waals surface area contributed by atoms with Crippen molar-refractivity contribution >= 4 is 11.6 Å². The lowest BCUT2D eigenvalue weighted by Crippen LogP contribution is -2.39. The van der Waals surface area contributed by atoms with Gasteiger partial charge in [-0.25, -0.2) is 0 Å². The van der Waals surface area contributed by atoms with Gasteiger partial charge in [-0.3, -0.25) is 4.79 Å². The summed E-state index contributed by atoms with van der Waals surface area (Å²) in [7, 11) is 0. The van der Waals surface area contributed by atoms with Gasteiger partial charge >= 0.3 is 0 Å². The van der Waals surface area contributed by atoms with Crippen molar-refractivity contribution in [2.75, 3.05) is 11.9 Å². The Bertz CT molecular complexity index is 421. The van der Waals surface area contributed by atoms with Crippen molar-refractivity contribution in [3.8, 4) is 0 Å². The molecular formula is C15H22N2O. The number of aryl methyl sites for hydroxylation is 2. The highest BCUT2D eigenvalue weighted by atomic mass is 16.2. The topological polar surface area (TPSA) is 41.1 Å². The Kier molecular flexibility index (Phi) is 4.37. The minimum absolute atomic E-state index is 0.0332. The summed E-state index contributed by atoms with van der Waals surface area (Å²) >= 11 is 0. The maximum Gasteiger partial charge on any atom is 0.241 e. The average Bonchev–Trinajstić information content (AvgIpc) is 2.62. The molecule has 0 bridgehead atoms. The molecular weight excluding hydrogens is 224 g/mol. The van der Waals surface area contributed by atoms with Crippen molar-refractivity contribution in [1.29, 1.82) is 0 Å². The van der Waals surface area contributed by atoms with Crippen LogP contribution in [-0.2, 0) is 4.79 Å². The van der Waals surface area contributed by atoms with E-state index >= 15 is 0 Å². The van der Waals surface area contributed by atoms with Crippen molar-refractivity contribution in [2.24, 2.45) is 0 Å². The van der Waals surface area contributed by atoms with E-state index in [1.54, 1.807) is 0 Å². The molecule has 1 aliphatic rings. The lowest BCUT2D eigenvalue weighted by Gasteiger charge is -2.16.